The van der Waals surface area contributed by atoms with Crippen LogP contribution >= 0.6 is 11.3 Å². The Labute approximate surface area is 181 Å². The van der Waals surface area contributed by atoms with Crippen molar-refractivity contribution in [3.63, 3.8) is 0 Å². The topological polar surface area (TPSA) is 88.2 Å². The first-order valence-corrected chi connectivity index (χ1v) is 11.3. The van der Waals surface area contributed by atoms with Gasteiger partial charge in [0, 0.05) is 16.5 Å². The monoisotopic (exact) mass is 423 g/mol. The number of primary amides is 1. The number of hydrogen-bond donors (Lipinski definition) is 3. The van der Waals surface area contributed by atoms with Gasteiger partial charge in [0.05, 0.1) is 22.4 Å². The molecular formula is C24H29N3O2S. The van der Waals surface area contributed by atoms with E-state index in [0.717, 1.165) is 46.2 Å². The highest BCUT2D eigenvalue weighted by atomic mass is 32.1. The van der Waals surface area contributed by atoms with Crippen LogP contribution in [0.4, 0.5) is 5.82 Å². The lowest BCUT2D eigenvalue weighted by atomic mass is 9.86. The van der Waals surface area contributed by atoms with Crippen molar-refractivity contribution in [3.8, 4) is 10.4 Å². The van der Waals surface area contributed by atoms with Crippen molar-refractivity contribution in [1.82, 2.24) is 4.98 Å². The average molecular weight is 424 g/mol. The van der Waals surface area contributed by atoms with Crippen LogP contribution in [0.1, 0.15) is 62.4 Å². The summed E-state index contributed by atoms with van der Waals surface area (Å²) < 4.78 is 0.834. The van der Waals surface area contributed by atoms with Crippen molar-refractivity contribution in [2.45, 2.75) is 64.0 Å². The van der Waals surface area contributed by atoms with Gasteiger partial charge in [-0.1, -0.05) is 57.9 Å². The third-order valence-electron chi connectivity index (χ3n) is 5.91. The summed E-state index contributed by atoms with van der Waals surface area (Å²) in [5, 5.41) is 14.7. The van der Waals surface area contributed by atoms with E-state index in [1.54, 1.807) is 17.5 Å². The minimum absolute atomic E-state index is 0.0247. The number of anilines is 1. The Morgan fingerprint density at radius 1 is 1.20 bits per heavy atom. The highest BCUT2D eigenvalue weighted by Gasteiger charge is 2.25. The molecular weight excluding hydrogens is 394 g/mol. The Morgan fingerprint density at radius 2 is 1.90 bits per heavy atom. The highest BCUT2D eigenvalue weighted by Crippen LogP contribution is 2.39. The second kappa shape index (κ2) is 8.00. The molecule has 1 saturated carbocycles. The summed E-state index contributed by atoms with van der Waals surface area (Å²) in [6.45, 7) is 6.59. The second-order valence-corrected chi connectivity index (χ2v) is 10.2. The van der Waals surface area contributed by atoms with Gasteiger partial charge in [0.25, 0.3) is 5.91 Å². The molecule has 0 aliphatic heterocycles. The molecule has 0 bridgehead atoms. The van der Waals surface area contributed by atoms with Gasteiger partial charge in [-0.3, -0.25) is 4.79 Å². The Kier molecular flexibility index (Phi) is 5.55. The Morgan fingerprint density at radius 3 is 2.53 bits per heavy atom. The zero-order valence-corrected chi connectivity index (χ0v) is 18.6. The van der Waals surface area contributed by atoms with Crippen molar-refractivity contribution < 1.29 is 9.90 Å². The van der Waals surface area contributed by atoms with Crippen molar-refractivity contribution in [2.24, 2.45) is 5.73 Å². The zero-order valence-electron chi connectivity index (χ0n) is 17.7. The molecule has 2 aromatic heterocycles. The molecule has 2 heterocycles. The number of carbonyl (C=O) groups excluding carboxylic acids is 1. The maximum absolute atomic E-state index is 12.0. The number of thiophene rings is 1. The van der Waals surface area contributed by atoms with Gasteiger partial charge in [0.2, 0.25) is 0 Å². The highest BCUT2D eigenvalue weighted by molar-refractivity contribution is 7.22. The summed E-state index contributed by atoms with van der Waals surface area (Å²) in [7, 11) is 0. The van der Waals surface area contributed by atoms with Gasteiger partial charge in [0.15, 0.2) is 0 Å². The van der Waals surface area contributed by atoms with Gasteiger partial charge in [-0.2, -0.15) is 0 Å². The Hall–Kier alpha value is -2.44. The molecule has 5 nitrogen and oxygen atoms in total. The second-order valence-electron chi connectivity index (χ2n) is 9.17. The third-order valence-corrected chi connectivity index (χ3v) is 7.12. The van der Waals surface area contributed by atoms with E-state index in [0.29, 0.717) is 11.4 Å². The van der Waals surface area contributed by atoms with Gasteiger partial charge in [-0.25, -0.2) is 4.98 Å². The number of rotatable bonds is 4. The summed E-state index contributed by atoms with van der Waals surface area (Å²) in [6.07, 6.45) is 5.02. The number of amides is 1. The quantitative estimate of drug-likeness (QED) is 0.546. The lowest BCUT2D eigenvalue weighted by molar-refractivity contribution is 0.100. The Bertz CT molecular complexity index is 1070. The lowest BCUT2D eigenvalue weighted by Crippen LogP contribution is -2.36. The molecule has 0 spiro atoms. The number of carbonyl (C=O) groups is 1. The number of benzene rings is 1. The number of aliphatic hydroxyl groups is 1. The van der Waals surface area contributed by atoms with Crippen LogP contribution in [0.3, 0.4) is 0 Å². The molecule has 1 aliphatic carbocycles. The van der Waals surface area contributed by atoms with Gasteiger partial charge >= 0.3 is 0 Å². The molecule has 1 aliphatic rings. The molecule has 1 aromatic carbocycles. The number of nitrogens with two attached hydrogens (primary N) is 1. The molecule has 3 aromatic rings. The molecule has 4 rings (SSSR count). The van der Waals surface area contributed by atoms with E-state index in [-0.39, 0.29) is 17.6 Å². The molecule has 0 saturated heterocycles. The van der Waals surface area contributed by atoms with Gasteiger partial charge in [-0.05, 0) is 35.4 Å². The van der Waals surface area contributed by atoms with E-state index in [4.69, 9.17) is 5.73 Å². The fraction of sp³-hybridized carbons (Fsp3) is 0.417. The van der Waals surface area contributed by atoms with Crippen LogP contribution in [0.25, 0.3) is 20.5 Å². The SMILES string of the molecule is CC(C)(C)c1ccc(-c2cc3c(N[C@H]4CCCC[C@@H]4O)ncc(C(N)=O)c3s2)cc1. The number of nitrogens with zero attached hydrogens (tertiary/aromatic N) is 1. The normalized spacial score (nSPS) is 19.7. The lowest BCUT2D eigenvalue weighted by Gasteiger charge is -2.29. The van der Waals surface area contributed by atoms with E-state index < -0.39 is 5.91 Å². The van der Waals surface area contributed by atoms with Crippen LogP contribution in [-0.4, -0.2) is 28.1 Å². The standard InChI is InChI=1S/C24H29N3O2S/c1-24(2,3)15-10-8-14(9-11-15)20-12-16-21(30-20)17(22(25)29)13-26-23(16)27-18-6-4-5-7-19(18)28/h8-13,18-19,28H,4-7H2,1-3H3,(H2,25,29)(H,26,27)/t18-,19-/m0/s1. The summed E-state index contributed by atoms with van der Waals surface area (Å²) in [4.78, 5) is 17.6. The molecule has 1 fully saturated rings. The third kappa shape index (κ3) is 4.07. The maximum atomic E-state index is 12.0. The Balaban J connectivity index is 1.75. The smallest absolute Gasteiger partial charge is 0.251 e. The molecule has 1 amide bonds. The minimum Gasteiger partial charge on any atom is -0.391 e. The van der Waals surface area contributed by atoms with Crippen LogP contribution in [0.5, 0.6) is 0 Å². The summed E-state index contributed by atoms with van der Waals surface area (Å²) in [5.74, 6) is 0.225. The summed E-state index contributed by atoms with van der Waals surface area (Å²) in [5.41, 5.74) is 8.53. The first-order valence-electron chi connectivity index (χ1n) is 10.5. The van der Waals surface area contributed by atoms with Gasteiger partial charge in [-0.15, -0.1) is 11.3 Å². The minimum atomic E-state index is -0.478. The van der Waals surface area contributed by atoms with E-state index in [1.807, 2.05) is 0 Å². The van der Waals surface area contributed by atoms with E-state index in [1.165, 1.54) is 5.56 Å². The van der Waals surface area contributed by atoms with Crippen molar-refractivity contribution in [2.75, 3.05) is 5.32 Å². The first kappa shape index (κ1) is 20.8. The summed E-state index contributed by atoms with van der Waals surface area (Å²) in [6, 6.07) is 10.6. The van der Waals surface area contributed by atoms with E-state index in [2.05, 4.69) is 61.4 Å². The molecule has 30 heavy (non-hydrogen) atoms. The molecule has 4 N–H and O–H groups in total. The maximum Gasteiger partial charge on any atom is 0.251 e. The molecule has 0 unspecified atom stereocenters. The molecule has 6 heteroatoms. The molecule has 158 valence electrons. The largest absolute Gasteiger partial charge is 0.391 e. The van der Waals surface area contributed by atoms with Crippen LogP contribution in [0, 0.1) is 0 Å². The van der Waals surface area contributed by atoms with Gasteiger partial charge in [0.1, 0.15) is 5.82 Å². The zero-order chi connectivity index (χ0) is 21.5. The van der Waals surface area contributed by atoms with Crippen LogP contribution in [0.15, 0.2) is 36.5 Å². The van der Waals surface area contributed by atoms with Crippen molar-refractivity contribution in [1.29, 1.82) is 0 Å². The number of aliphatic hydroxyl groups excluding tert-OH is 1. The summed E-state index contributed by atoms with van der Waals surface area (Å²) >= 11 is 1.55. The number of fused-ring (bicyclic) bond motifs is 1. The molecule has 2 atom stereocenters. The van der Waals surface area contributed by atoms with E-state index in [9.17, 15) is 9.90 Å². The number of pyridine rings is 1. The number of nitrogens with one attached hydrogen (secondary N) is 1. The van der Waals surface area contributed by atoms with Crippen LogP contribution in [-0.2, 0) is 5.41 Å². The van der Waals surface area contributed by atoms with Crippen LogP contribution in [0.2, 0.25) is 0 Å². The first-order chi connectivity index (χ1) is 14.2. The van der Waals surface area contributed by atoms with Crippen molar-refractivity contribution in [3.05, 3.63) is 47.7 Å². The fourth-order valence-corrected chi connectivity index (χ4v) is 5.23. The molecule has 0 radical (unpaired) electrons. The van der Waals surface area contributed by atoms with Gasteiger partial charge < -0.3 is 16.2 Å². The van der Waals surface area contributed by atoms with E-state index >= 15 is 0 Å². The number of hydrogen-bond acceptors (Lipinski definition) is 5. The average Bonchev–Trinajstić information content (AvgIpc) is 3.15. The number of aromatic nitrogens is 1. The van der Waals surface area contributed by atoms with Crippen LogP contribution < -0.4 is 11.1 Å². The fourth-order valence-electron chi connectivity index (χ4n) is 4.05. The predicted molar refractivity (Wildman–Crippen MR) is 124 cm³/mol. The van der Waals surface area contributed by atoms with Crippen molar-refractivity contribution >= 4 is 33.1 Å². The predicted octanol–water partition coefficient (Wildman–Crippen LogP) is 5.08.